The summed E-state index contributed by atoms with van der Waals surface area (Å²) in [5.74, 6) is -3.12. The van der Waals surface area contributed by atoms with Gasteiger partial charge in [0.1, 0.15) is 23.8 Å². The second-order valence-corrected chi connectivity index (χ2v) is 7.21. The summed E-state index contributed by atoms with van der Waals surface area (Å²) in [6, 6.07) is -1.63. The number of hydrogen-bond acceptors (Lipinski definition) is 6. The van der Waals surface area contributed by atoms with Gasteiger partial charge in [0.25, 0.3) is 0 Å². The molecule has 1 aliphatic heterocycles. The summed E-state index contributed by atoms with van der Waals surface area (Å²) in [4.78, 5) is 11.3. The molecule has 148 valence electrons. The third-order valence-corrected chi connectivity index (χ3v) is 4.97. The lowest BCUT2D eigenvalue weighted by atomic mass is 10.0. The first-order chi connectivity index (χ1) is 18.8. The maximum Gasteiger partial charge on any atom is 0.162 e. The van der Waals surface area contributed by atoms with Gasteiger partial charge >= 0.3 is 0 Å². The standard InChI is InChI=1S/C20H23ClFN5S/c1-12(2)19-26-17-18(23-11-24-20(17)28-19)25-14-5-7-27(8-6-14)10-13-3-4-16(22)15(21)9-13/h3-4,9,11-12,14H,5-8,10H2,1-2H3,(H,23,24,25)/i5D2,6D2,7D2,8D2,10D2,11D,12D,14D/hD. The fraction of sp³-hybridized carbons (Fsp3) is 0.450. The molecule has 5 nitrogen and oxygen atoms in total. The highest BCUT2D eigenvalue weighted by Gasteiger charge is 2.21. The summed E-state index contributed by atoms with van der Waals surface area (Å²) in [5.41, 5.74) is -0.975. The maximum absolute atomic E-state index is 13.8. The summed E-state index contributed by atoms with van der Waals surface area (Å²) in [6.07, 6.45) is -8.65. The lowest BCUT2D eigenvalue weighted by molar-refractivity contribution is 0.211. The average Bonchev–Trinajstić information content (AvgIpc) is 3.27. The minimum Gasteiger partial charge on any atom is -0.365 e. The zero-order valence-corrected chi connectivity index (χ0v) is 16.2. The summed E-state index contributed by atoms with van der Waals surface area (Å²) in [5, 5.41) is -0.721. The van der Waals surface area contributed by atoms with E-state index < -0.39 is 72.7 Å². The third-order valence-electron chi connectivity index (χ3n) is 3.51. The van der Waals surface area contributed by atoms with Gasteiger partial charge in [0.15, 0.2) is 7.23 Å². The molecule has 0 bridgehead atoms. The smallest absolute Gasteiger partial charge is 0.162 e. The van der Waals surface area contributed by atoms with Crippen LogP contribution in [0.2, 0.25) is 6.43 Å². The number of nitrogens with zero attached hydrogens (tertiary/aromatic N) is 4. The zero-order valence-electron chi connectivity index (χ0n) is 28.6. The Morgan fingerprint density at radius 1 is 1.54 bits per heavy atom. The Bertz CT molecular complexity index is 1530. The van der Waals surface area contributed by atoms with E-state index in [0.29, 0.717) is 12.1 Å². The van der Waals surface area contributed by atoms with Crippen LogP contribution in [0.1, 0.15) is 60.9 Å². The molecule has 0 unspecified atom stereocenters. The number of benzene rings is 1. The molecule has 3 aromatic rings. The van der Waals surface area contributed by atoms with Crippen molar-refractivity contribution < 1.29 is 23.6 Å². The van der Waals surface area contributed by atoms with Crippen molar-refractivity contribution in [2.75, 3.05) is 18.3 Å². The number of rotatable bonds is 5. The van der Waals surface area contributed by atoms with Gasteiger partial charge in [-0.1, -0.05) is 42.9 Å². The fourth-order valence-electron chi connectivity index (χ4n) is 2.19. The average molecular weight is 434 g/mol. The van der Waals surface area contributed by atoms with Gasteiger partial charge in [-0.25, -0.2) is 19.3 Å². The number of likely N-dealkylation sites (tertiary alicyclic amines) is 1. The molecule has 0 atom stereocenters. The van der Waals surface area contributed by atoms with Crippen molar-refractivity contribution in [2.24, 2.45) is 0 Å². The molecule has 0 amide bonds. The molecule has 0 spiro atoms. The highest BCUT2D eigenvalue weighted by molar-refractivity contribution is 7.18. The number of nitrogens with one attached hydrogen (secondary N) is 1. The molecule has 0 aliphatic carbocycles. The van der Waals surface area contributed by atoms with E-state index in [-0.39, 0.29) is 25.6 Å². The molecular weight excluding hydrogens is 397 g/mol. The Kier molecular flexibility index (Phi) is 2.63. The number of aromatic nitrogens is 3. The van der Waals surface area contributed by atoms with Crippen LogP contribution in [0.15, 0.2) is 24.5 Å². The van der Waals surface area contributed by atoms with Crippen LogP contribution in [-0.4, -0.2) is 38.9 Å². The molecule has 0 radical (unpaired) electrons. The number of piperidine rings is 1. The van der Waals surface area contributed by atoms with Gasteiger partial charge in [-0.15, -0.1) is 0 Å². The topological polar surface area (TPSA) is 53.9 Å². The van der Waals surface area contributed by atoms with E-state index in [0.717, 1.165) is 17.4 Å². The van der Waals surface area contributed by atoms with Gasteiger partial charge < -0.3 is 5.31 Å². The molecule has 1 aromatic carbocycles. The number of hydrogen-bond donors (Lipinski definition) is 1. The SMILES string of the molecule is [2H]c1nc(N([2H])C2([2H])C([2H])([2H])C([2H])([2H])N(C([2H])([2H])c3ccc(F)c(Cl)c3)C([2H])([2H])C2([2H])[2H])c2nc(C([2H])(C)C)sc2n1. The molecule has 28 heavy (non-hydrogen) atoms. The van der Waals surface area contributed by atoms with Crippen LogP contribution in [-0.2, 0) is 6.50 Å². The van der Waals surface area contributed by atoms with E-state index in [1.54, 1.807) is 0 Å². The Morgan fingerprint density at radius 2 is 2.32 bits per heavy atom. The van der Waals surface area contributed by atoms with E-state index in [2.05, 4.69) is 15.0 Å². The maximum atomic E-state index is 13.8. The van der Waals surface area contributed by atoms with Crippen molar-refractivity contribution in [1.82, 2.24) is 19.9 Å². The van der Waals surface area contributed by atoms with Gasteiger partial charge in [0.05, 0.1) is 11.4 Å². The lowest BCUT2D eigenvalue weighted by Gasteiger charge is -2.32. The van der Waals surface area contributed by atoms with E-state index in [9.17, 15) is 4.39 Å². The highest BCUT2D eigenvalue weighted by atomic mass is 35.5. The normalized spacial score (nSPS) is 32.7. The van der Waals surface area contributed by atoms with Crippen LogP contribution in [0.4, 0.5) is 10.2 Å². The van der Waals surface area contributed by atoms with Crippen molar-refractivity contribution in [3.05, 3.63) is 45.9 Å². The minimum absolute atomic E-state index is 0.0738. The van der Waals surface area contributed by atoms with Crippen LogP contribution in [0.5, 0.6) is 0 Å². The van der Waals surface area contributed by atoms with Crippen LogP contribution in [0.25, 0.3) is 10.3 Å². The van der Waals surface area contributed by atoms with Crippen molar-refractivity contribution in [2.45, 2.75) is 45.0 Å². The lowest BCUT2D eigenvalue weighted by Crippen LogP contribution is -2.38. The molecular formula is C20H23ClFN5S. The quantitative estimate of drug-likeness (QED) is 0.608. The number of thiazole rings is 1. The molecule has 1 aliphatic rings. The Morgan fingerprint density at radius 3 is 3.04 bits per heavy atom. The van der Waals surface area contributed by atoms with Crippen LogP contribution < -0.4 is 5.31 Å². The Labute approximate surface area is 192 Å². The molecule has 2 aromatic heterocycles. The molecule has 3 heterocycles. The van der Waals surface area contributed by atoms with Crippen molar-refractivity contribution in [3.8, 4) is 0 Å². The van der Waals surface area contributed by atoms with Crippen LogP contribution in [0, 0.1) is 5.82 Å². The van der Waals surface area contributed by atoms with Crippen molar-refractivity contribution >= 4 is 39.1 Å². The van der Waals surface area contributed by atoms with Gasteiger partial charge in [-0.3, -0.25) is 4.90 Å². The number of fused-ring (bicyclic) bond motifs is 1. The van der Waals surface area contributed by atoms with E-state index >= 15 is 0 Å². The van der Waals surface area contributed by atoms with Crippen molar-refractivity contribution in [3.63, 3.8) is 0 Å². The van der Waals surface area contributed by atoms with Gasteiger partial charge in [0.2, 0.25) is 0 Å². The van der Waals surface area contributed by atoms with E-state index in [1.165, 1.54) is 13.8 Å². The number of anilines is 1. The molecule has 1 saturated heterocycles. The summed E-state index contributed by atoms with van der Waals surface area (Å²) < 4.78 is 134. The summed E-state index contributed by atoms with van der Waals surface area (Å²) in [6.45, 7) is -8.22. The second kappa shape index (κ2) is 8.27. The first kappa shape index (κ1) is 8.90. The minimum atomic E-state index is -3.94. The first-order valence-corrected chi connectivity index (χ1v) is 9.18. The van der Waals surface area contributed by atoms with Gasteiger partial charge in [-0.2, -0.15) is 0 Å². The monoisotopic (exact) mass is 433 g/mol. The molecule has 0 saturated carbocycles. The zero-order chi connectivity index (χ0) is 32.2. The molecule has 4 rings (SSSR count). The predicted molar refractivity (Wildman–Crippen MR) is 113 cm³/mol. The fourth-order valence-corrected chi connectivity index (χ4v) is 3.21. The highest BCUT2D eigenvalue weighted by Crippen LogP contribution is 2.30. The summed E-state index contributed by atoms with van der Waals surface area (Å²) in [7, 11) is 0. The first-order valence-electron chi connectivity index (χ1n) is 14.9. The van der Waals surface area contributed by atoms with Crippen molar-refractivity contribution in [1.29, 1.82) is 0 Å². The predicted octanol–water partition coefficient (Wildman–Crippen LogP) is 5.08. The number of halogens is 2. The van der Waals surface area contributed by atoms with E-state index in [4.69, 9.17) is 30.8 Å². The van der Waals surface area contributed by atoms with Crippen LogP contribution in [0.3, 0.4) is 0 Å². The second-order valence-electron chi connectivity index (χ2n) is 5.83. The third kappa shape index (κ3) is 4.26. The van der Waals surface area contributed by atoms with E-state index in [1.807, 2.05) is 0 Å². The largest absolute Gasteiger partial charge is 0.365 e. The Balaban J connectivity index is 1.99. The van der Waals surface area contributed by atoms with Gasteiger partial charge in [-0.05, 0) is 30.4 Å². The molecule has 1 N–H and O–H groups in total. The molecule has 1 fully saturated rings. The molecule has 8 heteroatoms. The summed E-state index contributed by atoms with van der Waals surface area (Å²) >= 11 is 6.58. The van der Waals surface area contributed by atoms with Crippen LogP contribution >= 0.6 is 22.9 Å². The van der Waals surface area contributed by atoms with Gasteiger partial charge in [0, 0.05) is 46.5 Å². The Hall–Kier alpha value is -1.83.